The van der Waals surface area contributed by atoms with E-state index in [0.717, 1.165) is 37.6 Å². The van der Waals surface area contributed by atoms with Crippen LogP contribution in [0.3, 0.4) is 0 Å². The molecule has 4 aliphatic rings. The molecule has 2 heterocycles. The molecular formula is C22H31FIN3O2. The number of morpholine rings is 1. The molecule has 5 rings (SSSR count). The van der Waals surface area contributed by atoms with Gasteiger partial charge in [0.25, 0.3) is 0 Å². The molecule has 0 bridgehead atoms. The number of hydrogen-bond donors (Lipinski definition) is 1. The molecule has 5 atom stereocenters. The fraction of sp³-hybridized carbons (Fsp3) is 0.682. The Balaban J connectivity index is 0.00000205. The number of rotatable bonds is 2. The van der Waals surface area contributed by atoms with Gasteiger partial charge in [0, 0.05) is 37.6 Å². The monoisotopic (exact) mass is 515 g/mol. The number of aliphatic imine (C=N–C) groups is 1. The van der Waals surface area contributed by atoms with Crippen molar-refractivity contribution < 1.29 is 13.9 Å². The van der Waals surface area contributed by atoms with Crippen LogP contribution in [0.4, 0.5) is 4.39 Å². The molecule has 2 saturated carbocycles. The van der Waals surface area contributed by atoms with E-state index in [0.29, 0.717) is 23.5 Å². The van der Waals surface area contributed by atoms with E-state index in [4.69, 9.17) is 9.47 Å². The van der Waals surface area contributed by atoms with Crippen LogP contribution in [0.2, 0.25) is 0 Å². The van der Waals surface area contributed by atoms with E-state index < -0.39 is 0 Å². The van der Waals surface area contributed by atoms with Crippen LogP contribution >= 0.6 is 24.0 Å². The Hall–Kier alpha value is -0.930. The van der Waals surface area contributed by atoms with Crippen LogP contribution in [0.1, 0.15) is 44.3 Å². The third-order valence-corrected chi connectivity index (χ3v) is 7.33. The molecular weight excluding hydrogens is 484 g/mol. The second kappa shape index (κ2) is 8.30. The number of benzene rings is 1. The smallest absolute Gasteiger partial charge is 0.194 e. The number of nitrogens with one attached hydrogen (secondary N) is 1. The Labute approximate surface area is 189 Å². The van der Waals surface area contributed by atoms with E-state index >= 15 is 0 Å². The summed E-state index contributed by atoms with van der Waals surface area (Å²) in [6.07, 6.45) is 5.45. The highest BCUT2D eigenvalue weighted by molar-refractivity contribution is 14.0. The third-order valence-electron chi connectivity index (χ3n) is 7.33. The van der Waals surface area contributed by atoms with Crippen LogP contribution in [-0.2, 0) is 9.47 Å². The second-order valence-electron chi connectivity index (χ2n) is 8.89. The normalized spacial score (nSPS) is 35.3. The Kier molecular flexibility index (Phi) is 6.10. The van der Waals surface area contributed by atoms with Crippen LogP contribution < -0.4 is 5.32 Å². The maximum atomic E-state index is 13.3. The van der Waals surface area contributed by atoms with Gasteiger partial charge in [-0.15, -0.1) is 24.0 Å². The number of guanidine groups is 1. The summed E-state index contributed by atoms with van der Waals surface area (Å²) in [5, 5.41) is 3.82. The molecule has 160 valence electrons. The Morgan fingerprint density at radius 2 is 2.00 bits per heavy atom. The first-order valence-electron chi connectivity index (χ1n) is 10.6. The zero-order valence-corrected chi connectivity index (χ0v) is 19.5. The first kappa shape index (κ1) is 21.3. The average Bonchev–Trinajstić information content (AvgIpc) is 3.06. The molecule has 0 aromatic heterocycles. The molecule has 1 spiro atoms. The van der Waals surface area contributed by atoms with Crippen molar-refractivity contribution in [1.29, 1.82) is 0 Å². The molecule has 7 heteroatoms. The van der Waals surface area contributed by atoms with Gasteiger partial charge in [0.2, 0.25) is 0 Å². The minimum Gasteiger partial charge on any atom is -0.377 e. The van der Waals surface area contributed by atoms with Crippen LogP contribution in [0.15, 0.2) is 29.3 Å². The molecule has 0 amide bonds. The van der Waals surface area contributed by atoms with Gasteiger partial charge >= 0.3 is 0 Å². The van der Waals surface area contributed by atoms with Crippen LogP contribution in [0.25, 0.3) is 0 Å². The number of nitrogens with zero attached hydrogens (tertiary/aromatic N) is 2. The molecule has 1 N–H and O–H groups in total. The van der Waals surface area contributed by atoms with Gasteiger partial charge in [0.05, 0.1) is 18.8 Å². The second-order valence-corrected chi connectivity index (χ2v) is 8.89. The van der Waals surface area contributed by atoms with Crippen molar-refractivity contribution in [3.8, 4) is 0 Å². The molecule has 4 fully saturated rings. The van der Waals surface area contributed by atoms with Crippen LogP contribution in [-0.4, -0.2) is 55.9 Å². The maximum absolute atomic E-state index is 13.3. The van der Waals surface area contributed by atoms with Gasteiger partial charge in [-0.25, -0.2) is 4.39 Å². The van der Waals surface area contributed by atoms with Gasteiger partial charge in [0.15, 0.2) is 5.96 Å². The Morgan fingerprint density at radius 3 is 2.66 bits per heavy atom. The van der Waals surface area contributed by atoms with E-state index in [9.17, 15) is 4.39 Å². The minimum atomic E-state index is -0.217. The van der Waals surface area contributed by atoms with E-state index in [1.807, 2.05) is 19.2 Å². The van der Waals surface area contributed by atoms with Crippen molar-refractivity contribution in [1.82, 2.24) is 10.2 Å². The van der Waals surface area contributed by atoms with Crippen LogP contribution in [0, 0.1) is 17.2 Å². The van der Waals surface area contributed by atoms with Crippen molar-refractivity contribution in [2.75, 3.05) is 26.7 Å². The fourth-order valence-corrected chi connectivity index (χ4v) is 5.88. The lowest BCUT2D eigenvalue weighted by Gasteiger charge is -2.63. The average molecular weight is 515 g/mol. The standard InChI is InChI=1S/C22H30FN3O2.HI/c1-14-12-26(13-18(28-14)15-4-6-16(23)7-5-15)21(24-2)25-19-17-8-11-27-20(17)22(19)9-3-10-22;/h4-7,14,17-20H,3,8-13H2,1-2H3,(H,24,25);1H. The fourth-order valence-electron chi connectivity index (χ4n) is 5.88. The molecule has 2 aliphatic carbocycles. The summed E-state index contributed by atoms with van der Waals surface area (Å²) in [6, 6.07) is 7.12. The van der Waals surface area contributed by atoms with Gasteiger partial charge in [0.1, 0.15) is 11.9 Å². The number of ether oxygens (including phenoxy) is 2. The highest BCUT2D eigenvalue weighted by atomic mass is 127. The van der Waals surface area contributed by atoms with E-state index in [-0.39, 0.29) is 42.0 Å². The van der Waals surface area contributed by atoms with Crippen molar-refractivity contribution in [3.05, 3.63) is 35.6 Å². The predicted molar refractivity (Wildman–Crippen MR) is 121 cm³/mol. The zero-order chi connectivity index (χ0) is 19.3. The predicted octanol–water partition coefficient (Wildman–Crippen LogP) is 3.74. The molecule has 5 unspecified atom stereocenters. The maximum Gasteiger partial charge on any atom is 0.194 e. The van der Waals surface area contributed by atoms with E-state index in [2.05, 4.69) is 22.1 Å². The van der Waals surface area contributed by atoms with Gasteiger partial charge in [-0.3, -0.25) is 4.99 Å². The Bertz CT molecular complexity index is 755. The lowest BCUT2D eigenvalue weighted by atomic mass is 9.46. The summed E-state index contributed by atoms with van der Waals surface area (Å²) < 4.78 is 25.5. The summed E-state index contributed by atoms with van der Waals surface area (Å²) in [7, 11) is 1.87. The molecule has 2 aliphatic heterocycles. The van der Waals surface area contributed by atoms with Gasteiger partial charge < -0.3 is 19.7 Å². The first-order valence-corrected chi connectivity index (χ1v) is 10.6. The molecule has 29 heavy (non-hydrogen) atoms. The number of halogens is 2. The largest absolute Gasteiger partial charge is 0.377 e. The minimum absolute atomic E-state index is 0. The topological polar surface area (TPSA) is 46.1 Å². The third kappa shape index (κ3) is 3.57. The van der Waals surface area contributed by atoms with Gasteiger partial charge in [-0.05, 0) is 43.9 Å². The molecule has 5 nitrogen and oxygen atoms in total. The summed E-state index contributed by atoms with van der Waals surface area (Å²) >= 11 is 0. The molecule has 1 aromatic carbocycles. The lowest BCUT2D eigenvalue weighted by molar-refractivity contribution is -0.172. The van der Waals surface area contributed by atoms with Gasteiger partial charge in [-0.2, -0.15) is 0 Å². The Morgan fingerprint density at radius 1 is 1.24 bits per heavy atom. The van der Waals surface area contributed by atoms with Crippen molar-refractivity contribution >= 4 is 29.9 Å². The quantitative estimate of drug-likeness (QED) is 0.371. The highest BCUT2D eigenvalue weighted by Crippen LogP contribution is 2.62. The zero-order valence-electron chi connectivity index (χ0n) is 17.1. The van der Waals surface area contributed by atoms with Crippen molar-refractivity contribution in [3.63, 3.8) is 0 Å². The summed E-state index contributed by atoms with van der Waals surface area (Å²) in [4.78, 5) is 6.93. The SMILES string of the molecule is CN=C(NC1C2CCOC2C12CCC2)N1CC(C)OC(c2ccc(F)cc2)C1.I. The summed E-state index contributed by atoms with van der Waals surface area (Å²) in [6.45, 7) is 4.52. The lowest BCUT2D eigenvalue weighted by Crippen LogP contribution is -2.73. The summed E-state index contributed by atoms with van der Waals surface area (Å²) in [5.74, 6) is 1.36. The number of hydrogen-bond acceptors (Lipinski definition) is 3. The highest BCUT2D eigenvalue weighted by Gasteiger charge is 2.66. The van der Waals surface area contributed by atoms with E-state index in [1.165, 1.54) is 31.4 Å². The number of fused-ring (bicyclic) bond motifs is 2. The molecule has 1 aromatic rings. The van der Waals surface area contributed by atoms with E-state index in [1.54, 1.807) is 0 Å². The van der Waals surface area contributed by atoms with Gasteiger partial charge in [-0.1, -0.05) is 18.6 Å². The van der Waals surface area contributed by atoms with Crippen LogP contribution in [0.5, 0.6) is 0 Å². The van der Waals surface area contributed by atoms with Crippen molar-refractivity contribution in [2.45, 2.75) is 57.0 Å². The van der Waals surface area contributed by atoms with Crippen molar-refractivity contribution in [2.24, 2.45) is 16.3 Å². The molecule has 2 saturated heterocycles. The molecule has 0 radical (unpaired) electrons. The summed E-state index contributed by atoms with van der Waals surface area (Å²) in [5.41, 5.74) is 1.34. The first-order chi connectivity index (χ1) is 13.6.